The summed E-state index contributed by atoms with van der Waals surface area (Å²) in [6.45, 7) is 2.72. The number of carbonyl (C=O) groups is 1. The number of rotatable bonds is 7. The van der Waals surface area contributed by atoms with Crippen molar-refractivity contribution in [3.05, 3.63) is 60.2 Å². The maximum Gasteiger partial charge on any atom is 0.261 e. The Morgan fingerprint density at radius 3 is 2.48 bits per heavy atom. The Labute approximate surface area is 160 Å². The van der Waals surface area contributed by atoms with E-state index in [1.54, 1.807) is 24.3 Å². The Balaban J connectivity index is 1.55. The summed E-state index contributed by atoms with van der Waals surface area (Å²) in [5.74, 6) is 0.425. The molecule has 1 amide bonds. The van der Waals surface area contributed by atoms with E-state index in [2.05, 4.69) is 15.4 Å². The third-order valence-corrected chi connectivity index (χ3v) is 6.09. The standard InChI is InChI=1S/C20H25N3O3S/c24-20(22-14-12-16-5-4-13-21-15-16)17-8-10-19(11-9-17)27(25,26)23-18-6-2-1-3-7-18/h1-3,6-11,16,21,23H,4-5,12-15H2,(H,22,24). The summed E-state index contributed by atoms with van der Waals surface area (Å²) >= 11 is 0. The summed E-state index contributed by atoms with van der Waals surface area (Å²) in [4.78, 5) is 12.4. The molecule has 2 aromatic carbocycles. The first-order valence-corrected chi connectivity index (χ1v) is 10.7. The van der Waals surface area contributed by atoms with Gasteiger partial charge < -0.3 is 10.6 Å². The predicted molar refractivity (Wildman–Crippen MR) is 106 cm³/mol. The third kappa shape index (κ3) is 5.55. The van der Waals surface area contributed by atoms with Crippen molar-refractivity contribution < 1.29 is 13.2 Å². The lowest BCUT2D eigenvalue weighted by atomic mass is 9.96. The molecule has 27 heavy (non-hydrogen) atoms. The Bertz CT molecular complexity index is 846. The average molecular weight is 388 g/mol. The minimum absolute atomic E-state index is 0.121. The minimum atomic E-state index is -3.68. The molecule has 1 aliphatic heterocycles. The van der Waals surface area contributed by atoms with Crippen LogP contribution in [-0.4, -0.2) is 34.0 Å². The molecule has 0 radical (unpaired) electrons. The van der Waals surface area contributed by atoms with Gasteiger partial charge in [-0.3, -0.25) is 9.52 Å². The van der Waals surface area contributed by atoms with Gasteiger partial charge in [0.15, 0.2) is 0 Å². The first kappa shape index (κ1) is 19.4. The molecule has 0 spiro atoms. The van der Waals surface area contributed by atoms with Gasteiger partial charge in [0.25, 0.3) is 15.9 Å². The zero-order chi connectivity index (χ0) is 19.1. The van der Waals surface area contributed by atoms with Crippen molar-refractivity contribution in [2.75, 3.05) is 24.4 Å². The number of para-hydroxylation sites is 1. The maximum absolute atomic E-state index is 12.4. The van der Waals surface area contributed by atoms with Gasteiger partial charge in [-0.25, -0.2) is 8.42 Å². The van der Waals surface area contributed by atoms with Crippen molar-refractivity contribution in [1.29, 1.82) is 0 Å². The molecule has 1 atom stereocenters. The van der Waals surface area contributed by atoms with Crippen LogP contribution in [0.2, 0.25) is 0 Å². The molecule has 0 aromatic heterocycles. The van der Waals surface area contributed by atoms with E-state index < -0.39 is 10.0 Å². The van der Waals surface area contributed by atoms with Crippen LogP contribution in [0.15, 0.2) is 59.5 Å². The van der Waals surface area contributed by atoms with Gasteiger partial charge in [-0.05, 0) is 74.7 Å². The van der Waals surface area contributed by atoms with E-state index in [4.69, 9.17) is 0 Å². The fourth-order valence-electron chi connectivity index (χ4n) is 3.17. The van der Waals surface area contributed by atoms with Gasteiger partial charge in [-0.2, -0.15) is 0 Å². The van der Waals surface area contributed by atoms with E-state index >= 15 is 0 Å². The van der Waals surface area contributed by atoms with Crippen LogP contribution in [0.1, 0.15) is 29.6 Å². The molecule has 0 bridgehead atoms. The molecule has 7 heteroatoms. The second-order valence-corrected chi connectivity index (χ2v) is 8.44. The van der Waals surface area contributed by atoms with Crippen molar-refractivity contribution in [3.63, 3.8) is 0 Å². The summed E-state index contributed by atoms with van der Waals surface area (Å²) in [6, 6.07) is 14.7. The number of benzene rings is 2. The van der Waals surface area contributed by atoms with Crippen LogP contribution < -0.4 is 15.4 Å². The molecule has 1 heterocycles. The number of hydrogen-bond acceptors (Lipinski definition) is 4. The van der Waals surface area contributed by atoms with Gasteiger partial charge in [-0.1, -0.05) is 18.2 Å². The summed E-state index contributed by atoms with van der Waals surface area (Å²) in [7, 11) is -3.68. The number of piperidine rings is 1. The number of nitrogens with one attached hydrogen (secondary N) is 3. The zero-order valence-corrected chi connectivity index (χ0v) is 16.0. The first-order chi connectivity index (χ1) is 13.0. The highest BCUT2D eigenvalue weighted by molar-refractivity contribution is 7.92. The molecule has 0 saturated carbocycles. The van der Waals surface area contributed by atoms with Crippen molar-refractivity contribution in [3.8, 4) is 0 Å². The van der Waals surface area contributed by atoms with E-state index in [0.29, 0.717) is 23.7 Å². The zero-order valence-electron chi connectivity index (χ0n) is 15.1. The van der Waals surface area contributed by atoms with Gasteiger partial charge in [-0.15, -0.1) is 0 Å². The summed E-state index contributed by atoms with van der Waals surface area (Å²) in [5.41, 5.74) is 0.951. The molecule has 2 aromatic rings. The van der Waals surface area contributed by atoms with Gasteiger partial charge in [0.2, 0.25) is 0 Å². The number of hydrogen-bond donors (Lipinski definition) is 3. The van der Waals surface area contributed by atoms with Crippen LogP contribution >= 0.6 is 0 Å². The van der Waals surface area contributed by atoms with Crippen LogP contribution in [0, 0.1) is 5.92 Å². The highest BCUT2D eigenvalue weighted by Gasteiger charge is 2.16. The van der Waals surface area contributed by atoms with Crippen LogP contribution in [0.5, 0.6) is 0 Å². The number of sulfonamides is 1. The van der Waals surface area contributed by atoms with E-state index in [9.17, 15) is 13.2 Å². The van der Waals surface area contributed by atoms with Crippen molar-refractivity contribution >= 4 is 21.6 Å². The van der Waals surface area contributed by atoms with Crippen molar-refractivity contribution in [2.45, 2.75) is 24.2 Å². The van der Waals surface area contributed by atoms with Gasteiger partial charge in [0.05, 0.1) is 4.90 Å². The van der Waals surface area contributed by atoms with Gasteiger partial charge in [0, 0.05) is 17.8 Å². The number of amides is 1. The Morgan fingerprint density at radius 1 is 1.07 bits per heavy atom. The monoisotopic (exact) mass is 387 g/mol. The summed E-state index contributed by atoms with van der Waals surface area (Å²) < 4.78 is 27.3. The molecule has 0 aliphatic carbocycles. The van der Waals surface area contributed by atoms with Crippen LogP contribution in [0.3, 0.4) is 0 Å². The second-order valence-electron chi connectivity index (χ2n) is 6.75. The normalized spacial score (nSPS) is 17.3. The van der Waals surface area contributed by atoms with Gasteiger partial charge in [0.1, 0.15) is 0 Å². The highest BCUT2D eigenvalue weighted by atomic mass is 32.2. The van der Waals surface area contributed by atoms with E-state index in [-0.39, 0.29) is 10.8 Å². The Morgan fingerprint density at radius 2 is 1.81 bits per heavy atom. The quantitative estimate of drug-likeness (QED) is 0.682. The fraction of sp³-hybridized carbons (Fsp3) is 0.350. The van der Waals surface area contributed by atoms with Crippen LogP contribution in [-0.2, 0) is 10.0 Å². The molecule has 1 unspecified atom stereocenters. The molecular weight excluding hydrogens is 362 g/mol. The average Bonchev–Trinajstić information content (AvgIpc) is 2.69. The van der Waals surface area contributed by atoms with E-state index in [1.165, 1.54) is 37.1 Å². The fourth-order valence-corrected chi connectivity index (χ4v) is 4.23. The summed E-state index contributed by atoms with van der Waals surface area (Å²) in [6.07, 6.45) is 3.33. The Hall–Kier alpha value is -2.38. The van der Waals surface area contributed by atoms with Gasteiger partial charge >= 0.3 is 0 Å². The SMILES string of the molecule is O=C(NCCC1CCCNC1)c1ccc(S(=O)(=O)Nc2ccccc2)cc1. The number of anilines is 1. The van der Waals surface area contributed by atoms with Crippen LogP contribution in [0.25, 0.3) is 0 Å². The van der Waals surface area contributed by atoms with Crippen LogP contribution in [0.4, 0.5) is 5.69 Å². The summed E-state index contributed by atoms with van der Waals surface area (Å²) in [5, 5.41) is 6.28. The van der Waals surface area contributed by atoms with Crippen molar-refractivity contribution in [1.82, 2.24) is 10.6 Å². The van der Waals surface area contributed by atoms with E-state index in [1.807, 2.05) is 6.07 Å². The van der Waals surface area contributed by atoms with Crippen molar-refractivity contribution in [2.24, 2.45) is 5.92 Å². The molecule has 1 saturated heterocycles. The molecule has 3 N–H and O–H groups in total. The molecule has 1 fully saturated rings. The topological polar surface area (TPSA) is 87.3 Å². The van der Waals surface area contributed by atoms with E-state index in [0.717, 1.165) is 19.5 Å². The lowest BCUT2D eigenvalue weighted by Gasteiger charge is -2.22. The molecule has 6 nitrogen and oxygen atoms in total. The predicted octanol–water partition coefficient (Wildman–Crippen LogP) is 2.61. The maximum atomic E-state index is 12.4. The second kappa shape index (κ2) is 9.01. The minimum Gasteiger partial charge on any atom is -0.352 e. The Kier molecular flexibility index (Phi) is 6.47. The first-order valence-electron chi connectivity index (χ1n) is 9.21. The lowest BCUT2D eigenvalue weighted by molar-refractivity contribution is 0.0950. The third-order valence-electron chi connectivity index (χ3n) is 4.69. The molecular formula is C20H25N3O3S. The molecule has 144 valence electrons. The molecule has 1 aliphatic rings. The smallest absolute Gasteiger partial charge is 0.261 e. The number of carbonyl (C=O) groups excluding carboxylic acids is 1. The lowest BCUT2D eigenvalue weighted by Crippen LogP contribution is -2.33. The molecule has 3 rings (SSSR count). The highest BCUT2D eigenvalue weighted by Crippen LogP contribution is 2.17. The largest absolute Gasteiger partial charge is 0.352 e.